The van der Waals surface area contributed by atoms with Crippen molar-refractivity contribution in [3.05, 3.63) is 71.0 Å². The van der Waals surface area contributed by atoms with Gasteiger partial charge in [-0.05, 0) is 42.7 Å². The van der Waals surface area contributed by atoms with Crippen LogP contribution in [0.15, 0.2) is 58.8 Å². The smallest absolute Gasteiger partial charge is 0.212 e. The van der Waals surface area contributed by atoms with Crippen molar-refractivity contribution in [2.24, 2.45) is 5.10 Å². The van der Waals surface area contributed by atoms with Gasteiger partial charge in [0.05, 0.1) is 5.71 Å². The van der Waals surface area contributed by atoms with Crippen LogP contribution in [0, 0.1) is 13.8 Å². The summed E-state index contributed by atoms with van der Waals surface area (Å²) < 4.78 is 7.68. The van der Waals surface area contributed by atoms with Crippen LogP contribution in [-0.2, 0) is 6.61 Å². The highest BCUT2D eigenvalue weighted by atomic mass is 32.2. The maximum Gasteiger partial charge on any atom is 0.212 e. The number of aryl methyl sites for hydroxylation is 2. The minimum absolute atomic E-state index is 0.335. The Labute approximate surface area is 150 Å². The number of hydrogen-bond acceptors (Lipinski definition) is 5. The van der Waals surface area contributed by atoms with Gasteiger partial charge in [-0.3, -0.25) is 0 Å². The molecule has 0 atom stereocenters. The van der Waals surface area contributed by atoms with Gasteiger partial charge in [0, 0.05) is 5.75 Å². The van der Waals surface area contributed by atoms with Crippen molar-refractivity contribution in [3.63, 3.8) is 0 Å². The summed E-state index contributed by atoms with van der Waals surface area (Å²) in [5.74, 6) is 2.32. The number of fused-ring (bicyclic) bond motifs is 1. The molecule has 2 heterocycles. The summed E-state index contributed by atoms with van der Waals surface area (Å²) in [4.78, 5) is 0. The molecule has 4 rings (SSSR count). The van der Waals surface area contributed by atoms with Crippen LogP contribution in [0.4, 0.5) is 0 Å². The molecule has 3 aromatic rings. The van der Waals surface area contributed by atoms with E-state index in [0.717, 1.165) is 27.9 Å². The third-order valence-corrected chi connectivity index (χ3v) is 5.12. The molecule has 0 saturated carbocycles. The van der Waals surface area contributed by atoms with E-state index in [1.165, 1.54) is 11.1 Å². The Kier molecular flexibility index (Phi) is 4.28. The summed E-state index contributed by atoms with van der Waals surface area (Å²) in [6.45, 7) is 4.50. The van der Waals surface area contributed by atoms with Gasteiger partial charge in [0.15, 0.2) is 5.82 Å². The van der Waals surface area contributed by atoms with Crippen LogP contribution in [0.25, 0.3) is 0 Å². The number of aromatic nitrogens is 3. The molecule has 0 amide bonds. The number of ether oxygens (including phenoxy) is 1. The van der Waals surface area contributed by atoms with E-state index in [1.807, 2.05) is 30.3 Å². The second-order valence-electron chi connectivity index (χ2n) is 5.95. The average Bonchev–Trinajstić information content (AvgIpc) is 3.06. The fraction of sp³-hybridized carbons (Fsp3) is 0.211. The fourth-order valence-corrected chi connectivity index (χ4v) is 3.44. The summed E-state index contributed by atoms with van der Waals surface area (Å²) in [5, 5.41) is 14.0. The van der Waals surface area contributed by atoms with E-state index < -0.39 is 0 Å². The van der Waals surface area contributed by atoms with Crippen molar-refractivity contribution in [2.45, 2.75) is 25.6 Å². The first kappa shape index (κ1) is 15.9. The van der Waals surface area contributed by atoms with Gasteiger partial charge < -0.3 is 4.74 Å². The summed E-state index contributed by atoms with van der Waals surface area (Å²) in [7, 11) is 0. The van der Waals surface area contributed by atoms with Crippen LogP contribution in [0.5, 0.6) is 5.75 Å². The minimum atomic E-state index is 0.335. The lowest BCUT2D eigenvalue weighted by atomic mass is 10.1. The molecule has 0 fully saturated rings. The lowest BCUT2D eigenvalue weighted by Crippen LogP contribution is -2.15. The molecule has 0 radical (unpaired) electrons. The molecule has 5 nitrogen and oxygen atoms in total. The lowest BCUT2D eigenvalue weighted by Gasteiger charge is -2.14. The Morgan fingerprint density at radius 2 is 1.88 bits per heavy atom. The Morgan fingerprint density at radius 1 is 1.04 bits per heavy atom. The third-order valence-electron chi connectivity index (χ3n) is 4.19. The van der Waals surface area contributed by atoms with E-state index in [2.05, 4.69) is 42.2 Å². The molecule has 0 N–H and O–H groups in total. The monoisotopic (exact) mass is 350 g/mol. The number of thioether (sulfide) groups is 1. The standard InChI is InChI=1S/C19H18N4OS/c1-13-8-9-16(10-14(13)2)24-11-18-20-21-19-23(18)22-17(12-25-19)15-6-4-3-5-7-15/h3-10H,11-12H2,1-2H3. The van der Waals surface area contributed by atoms with E-state index >= 15 is 0 Å². The van der Waals surface area contributed by atoms with Crippen LogP contribution >= 0.6 is 11.8 Å². The zero-order valence-electron chi connectivity index (χ0n) is 14.1. The molecule has 0 saturated heterocycles. The van der Waals surface area contributed by atoms with Crippen LogP contribution in [0.2, 0.25) is 0 Å². The molecule has 1 aliphatic rings. The second-order valence-corrected chi connectivity index (χ2v) is 6.89. The first-order valence-corrected chi connectivity index (χ1v) is 9.10. The highest BCUT2D eigenvalue weighted by molar-refractivity contribution is 7.99. The number of rotatable bonds is 4. The number of benzene rings is 2. The lowest BCUT2D eigenvalue weighted by molar-refractivity contribution is 0.289. The molecule has 1 aromatic heterocycles. The zero-order chi connectivity index (χ0) is 17.2. The molecule has 6 heteroatoms. The van der Waals surface area contributed by atoms with Crippen molar-refractivity contribution in [1.82, 2.24) is 14.9 Å². The van der Waals surface area contributed by atoms with Crippen LogP contribution < -0.4 is 4.74 Å². The fourth-order valence-electron chi connectivity index (χ4n) is 2.58. The predicted molar refractivity (Wildman–Crippen MR) is 99.4 cm³/mol. The maximum absolute atomic E-state index is 5.89. The summed E-state index contributed by atoms with van der Waals surface area (Å²) in [5.41, 5.74) is 4.60. The van der Waals surface area contributed by atoms with Gasteiger partial charge in [0.25, 0.3) is 0 Å². The van der Waals surface area contributed by atoms with Crippen LogP contribution in [0.3, 0.4) is 0 Å². The molecule has 0 unspecified atom stereocenters. The highest BCUT2D eigenvalue weighted by Crippen LogP contribution is 2.25. The van der Waals surface area contributed by atoms with E-state index in [4.69, 9.17) is 9.84 Å². The van der Waals surface area contributed by atoms with Crippen molar-refractivity contribution < 1.29 is 4.74 Å². The first-order chi connectivity index (χ1) is 12.2. The number of nitrogens with zero attached hydrogens (tertiary/aromatic N) is 4. The van der Waals surface area contributed by atoms with E-state index in [0.29, 0.717) is 12.4 Å². The van der Waals surface area contributed by atoms with Crippen LogP contribution in [-0.4, -0.2) is 26.3 Å². The molecular weight excluding hydrogens is 332 g/mol. The summed E-state index contributed by atoms with van der Waals surface area (Å²) in [6.07, 6.45) is 0. The van der Waals surface area contributed by atoms with Gasteiger partial charge in [0.1, 0.15) is 12.4 Å². The molecule has 1 aliphatic heterocycles. The van der Waals surface area contributed by atoms with Gasteiger partial charge in [-0.1, -0.05) is 48.2 Å². The van der Waals surface area contributed by atoms with E-state index in [-0.39, 0.29) is 0 Å². The van der Waals surface area contributed by atoms with Crippen molar-refractivity contribution in [2.75, 3.05) is 5.75 Å². The molecule has 126 valence electrons. The Morgan fingerprint density at radius 3 is 2.68 bits per heavy atom. The molecule has 25 heavy (non-hydrogen) atoms. The average molecular weight is 350 g/mol. The Bertz CT molecular complexity index is 934. The third kappa shape index (κ3) is 3.30. The largest absolute Gasteiger partial charge is 0.486 e. The van der Waals surface area contributed by atoms with Crippen LogP contribution in [0.1, 0.15) is 22.5 Å². The molecule has 2 aromatic carbocycles. The highest BCUT2D eigenvalue weighted by Gasteiger charge is 2.20. The van der Waals surface area contributed by atoms with Crippen molar-refractivity contribution in [1.29, 1.82) is 0 Å². The van der Waals surface area contributed by atoms with Gasteiger partial charge >= 0.3 is 0 Å². The molecule has 0 bridgehead atoms. The van der Waals surface area contributed by atoms with Crippen molar-refractivity contribution >= 4 is 17.5 Å². The normalized spacial score (nSPS) is 13.3. The first-order valence-electron chi connectivity index (χ1n) is 8.11. The Hall–Kier alpha value is -2.60. The van der Waals surface area contributed by atoms with Gasteiger partial charge in [-0.2, -0.15) is 9.78 Å². The van der Waals surface area contributed by atoms with E-state index in [1.54, 1.807) is 16.4 Å². The van der Waals surface area contributed by atoms with Gasteiger partial charge in [-0.15, -0.1) is 10.2 Å². The molecule has 0 spiro atoms. The summed E-state index contributed by atoms with van der Waals surface area (Å²) in [6, 6.07) is 16.3. The minimum Gasteiger partial charge on any atom is -0.486 e. The topological polar surface area (TPSA) is 52.3 Å². The molecular formula is C19H18N4OS. The Balaban J connectivity index is 1.56. The van der Waals surface area contributed by atoms with Gasteiger partial charge in [-0.25, -0.2) is 0 Å². The zero-order valence-corrected chi connectivity index (χ0v) is 15.0. The quantitative estimate of drug-likeness (QED) is 0.717. The van der Waals surface area contributed by atoms with Gasteiger partial charge in [0.2, 0.25) is 5.16 Å². The second kappa shape index (κ2) is 6.72. The van der Waals surface area contributed by atoms with E-state index in [9.17, 15) is 0 Å². The SMILES string of the molecule is Cc1ccc(OCc2nnc3n2N=C(c2ccccc2)CS3)cc1C. The number of hydrogen-bond donors (Lipinski definition) is 0. The maximum atomic E-state index is 5.89. The van der Waals surface area contributed by atoms with Crippen molar-refractivity contribution in [3.8, 4) is 5.75 Å². The molecule has 0 aliphatic carbocycles. The predicted octanol–water partition coefficient (Wildman–Crippen LogP) is 3.83. The summed E-state index contributed by atoms with van der Waals surface area (Å²) >= 11 is 1.64.